The molecule has 2 aromatic carbocycles. The number of carbonyl (C=O) groups is 2. The van der Waals surface area contributed by atoms with Gasteiger partial charge in [0.1, 0.15) is 0 Å². The number of benzene rings is 2. The normalized spacial score (nSPS) is 11.9. The molecule has 0 fully saturated rings. The van der Waals surface area contributed by atoms with Crippen LogP contribution in [0.25, 0.3) is 6.08 Å². The van der Waals surface area contributed by atoms with Crippen molar-refractivity contribution in [2.45, 2.75) is 13.0 Å². The number of amides is 2. The van der Waals surface area contributed by atoms with Gasteiger partial charge in [0.25, 0.3) is 5.91 Å². The van der Waals surface area contributed by atoms with Gasteiger partial charge < -0.3 is 20.5 Å². The smallest absolute Gasteiger partial charge is 0.255 e. The number of rotatable bonds is 8. The SMILES string of the molecule is COc1cc(/C=C/C(=O)NC(C)c2ccc(F)c(F)c2)ccc1OCC(N)=O. The van der Waals surface area contributed by atoms with Crippen LogP contribution in [0.3, 0.4) is 0 Å². The summed E-state index contributed by atoms with van der Waals surface area (Å²) in [4.78, 5) is 22.9. The average molecular weight is 390 g/mol. The lowest BCUT2D eigenvalue weighted by Crippen LogP contribution is -2.24. The number of nitrogens with one attached hydrogen (secondary N) is 1. The highest BCUT2D eigenvalue weighted by Gasteiger charge is 2.11. The highest BCUT2D eigenvalue weighted by atomic mass is 19.2. The first-order valence-corrected chi connectivity index (χ1v) is 8.33. The van der Waals surface area contributed by atoms with E-state index in [0.717, 1.165) is 12.1 Å². The van der Waals surface area contributed by atoms with Gasteiger partial charge >= 0.3 is 0 Å². The van der Waals surface area contributed by atoms with Gasteiger partial charge in [-0.1, -0.05) is 12.1 Å². The molecule has 0 radical (unpaired) electrons. The van der Waals surface area contributed by atoms with Gasteiger partial charge in [-0.2, -0.15) is 0 Å². The number of primary amides is 1. The molecule has 2 rings (SSSR count). The predicted octanol–water partition coefficient (Wildman–Crippen LogP) is 2.73. The van der Waals surface area contributed by atoms with Crippen molar-refractivity contribution in [3.63, 3.8) is 0 Å². The molecule has 0 spiro atoms. The number of carbonyl (C=O) groups excluding carboxylic acids is 2. The Morgan fingerprint density at radius 2 is 1.89 bits per heavy atom. The van der Waals surface area contributed by atoms with Crippen LogP contribution < -0.4 is 20.5 Å². The van der Waals surface area contributed by atoms with Crippen molar-refractivity contribution < 1.29 is 27.8 Å². The van der Waals surface area contributed by atoms with E-state index in [9.17, 15) is 18.4 Å². The summed E-state index contributed by atoms with van der Waals surface area (Å²) >= 11 is 0. The van der Waals surface area contributed by atoms with E-state index in [2.05, 4.69) is 5.32 Å². The zero-order chi connectivity index (χ0) is 20.7. The fourth-order valence-corrected chi connectivity index (χ4v) is 2.35. The molecule has 1 unspecified atom stereocenters. The molecule has 0 aliphatic heterocycles. The number of hydrogen-bond acceptors (Lipinski definition) is 4. The van der Waals surface area contributed by atoms with Crippen LogP contribution in [0.5, 0.6) is 11.5 Å². The van der Waals surface area contributed by atoms with Crippen molar-refractivity contribution in [1.82, 2.24) is 5.32 Å². The molecule has 0 aromatic heterocycles. The minimum Gasteiger partial charge on any atom is -0.493 e. The Labute approximate surface area is 160 Å². The van der Waals surface area contributed by atoms with Crippen LogP contribution in [-0.2, 0) is 9.59 Å². The van der Waals surface area contributed by atoms with Gasteiger partial charge in [0.05, 0.1) is 13.2 Å². The fourth-order valence-electron chi connectivity index (χ4n) is 2.35. The summed E-state index contributed by atoms with van der Waals surface area (Å²) in [7, 11) is 1.44. The van der Waals surface area contributed by atoms with Crippen LogP contribution >= 0.6 is 0 Å². The van der Waals surface area contributed by atoms with E-state index in [1.165, 1.54) is 19.3 Å². The van der Waals surface area contributed by atoms with Gasteiger partial charge in [-0.25, -0.2) is 8.78 Å². The van der Waals surface area contributed by atoms with Crippen LogP contribution in [0.4, 0.5) is 8.78 Å². The molecule has 0 heterocycles. The molecule has 2 aromatic rings. The van der Waals surface area contributed by atoms with Crippen LogP contribution in [0.15, 0.2) is 42.5 Å². The maximum Gasteiger partial charge on any atom is 0.255 e. The van der Waals surface area contributed by atoms with Crippen LogP contribution in [0.1, 0.15) is 24.1 Å². The zero-order valence-electron chi connectivity index (χ0n) is 15.4. The van der Waals surface area contributed by atoms with Crippen molar-refractivity contribution in [3.05, 3.63) is 65.2 Å². The molecule has 3 N–H and O–H groups in total. The predicted molar refractivity (Wildman–Crippen MR) is 99.6 cm³/mol. The molecule has 0 aliphatic rings. The van der Waals surface area contributed by atoms with E-state index in [4.69, 9.17) is 15.2 Å². The number of methoxy groups -OCH3 is 1. The highest BCUT2D eigenvalue weighted by molar-refractivity contribution is 5.92. The highest BCUT2D eigenvalue weighted by Crippen LogP contribution is 2.28. The van der Waals surface area contributed by atoms with Crippen molar-refractivity contribution in [1.29, 1.82) is 0 Å². The van der Waals surface area contributed by atoms with Gasteiger partial charge in [-0.3, -0.25) is 9.59 Å². The summed E-state index contributed by atoms with van der Waals surface area (Å²) < 4.78 is 36.7. The van der Waals surface area contributed by atoms with E-state index >= 15 is 0 Å². The molecule has 0 saturated heterocycles. The molecule has 2 amide bonds. The zero-order valence-corrected chi connectivity index (χ0v) is 15.4. The molecular formula is C20H20F2N2O4. The van der Waals surface area contributed by atoms with Crippen LogP contribution in [0.2, 0.25) is 0 Å². The number of hydrogen-bond donors (Lipinski definition) is 2. The molecule has 6 nitrogen and oxygen atoms in total. The third-order valence-electron chi connectivity index (χ3n) is 3.79. The average Bonchev–Trinajstić information content (AvgIpc) is 2.66. The summed E-state index contributed by atoms with van der Waals surface area (Å²) in [6.07, 6.45) is 2.85. The first-order chi connectivity index (χ1) is 13.3. The largest absolute Gasteiger partial charge is 0.493 e. The summed E-state index contributed by atoms with van der Waals surface area (Å²) in [5.41, 5.74) is 6.13. The second kappa shape index (κ2) is 9.50. The summed E-state index contributed by atoms with van der Waals surface area (Å²) in [5.74, 6) is -2.23. The maximum absolute atomic E-state index is 13.3. The first kappa shape index (κ1) is 20.9. The van der Waals surface area contributed by atoms with Crippen molar-refractivity contribution in [2.24, 2.45) is 5.73 Å². The van der Waals surface area contributed by atoms with Crippen LogP contribution in [0, 0.1) is 11.6 Å². The Morgan fingerprint density at radius 1 is 1.14 bits per heavy atom. The molecule has 28 heavy (non-hydrogen) atoms. The Kier molecular flexibility index (Phi) is 7.08. The van der Waals surface area contributed by atoms with E-state index in [0.29, 0.717) is 22.6 Å². The van der Waals surface area contributed by atoms with E-state index in [-0.39, 0.29) is 6.61 Å². The third kappa shape index (κ3) is 5.80. The van der Waals surface area contributed by atoms with E-state index in [1.807, 2.05) is 0 Å². The molecule has 0 saturated carbocycles. The van der Waals surface area contributed by atoms with Crippen molar-refractivity contribution >= 4 is 17.9 Å². The summed E-state index contributed by atoms with van der Waals surface area (Å²) in [5, 5.41) is 2.66. The monoisotopic (exact) mass is 390 g/mol. The Hall–Kier alpha value is -3.42. The Balaban J connectivity index is 2.02. The van der Waals surface area contributed by atoms with Crippen LogP contribution in [-0.4, -0.2) is 25.5 Å². The Bertz CT molecular complexity index is 900. The van der Waals surface area contributed by atoms with Gasteiger partial charge in [0.2, 0.25) is 5.91 Å². The number of halogens is 2. The lowest BCUT2D eigenvalue weighted by Gasteiger charge is -2.13. The van der Waals surface area contributed by atoms with E-state index < -0.39 is 29.5 Å². The maximum atomic E-state index is 13.3. The lowest BCUT2D eigenvalue weighted by atomic mass is 10.1. The molecule has 0 bridgehead atoms. The number of ether oxygens (including phenoxy) is 2. The minimum absolute atomic E-state index is 0.282. The molecule has 8 heteroatoms. The second-order valence-electron chi connectivity index (χ2n) is 5.90. The second-order valence-corrected chi connectivity index (χ2v) is 5.90. The molecule has 0 aliphatic carbocycles. The topological polar surface area (TPSA) is 90.7 Å². The van der Waals surface area contributed by atoms with Gasteiger partial charge in [0, 0.05) is 6.08 Å². The van der Waals surface area contributed by atoms with Gasteiger partial charge in [-0.05, 0) is 48.4 Å². The summed E-state index contributed by atoms with van der Waals surface area (Å²) in [6.45, 7) is 1.38. The molecule has 1 atom stereocenters. The molecular weight excluding hydrogens is 370 g/mol. The fraction of sp³-hybridized carbons (Fsp3) is 0.200. The Morgan fingerprint density at radius 3 is 2.54 bits per heavy atom. The van der Waals surface area contributed by atoms with Crippen molar-refractivity contribution in [2.75, 3.05) is 13.7 Å². The van der Waals surface area contributed by atoms with Gasteiger partial charge in [0.15, 0.2) is 29.7 Å². The standard InChI is InChI=1S/C20H20F2N2O4/c1-12(14-5-6-15(21)16(22)10-14)24-20(26)8-4-13-3-7-17(18(9-13)27-2)28-11-19(23)25/h3-10,12H,11H2,1-2H3,(H2,23,25)(H,24,26)/b8-4+. The minimum atomic E-state index is -0.972. The van der Waals surface area contributed by atoms with Gasteiger partial charge in [-0.15, -0.1) is 0 Å². The van der Waals surface area contributed by atoms with E-state index in [1.54, 1.807) is 31.2 Å². The first-order valence-electron chi connectivity index (χ1n) is 8.33. The number of nitrogens with two attached hydrogens (primary N) is 1. The summed E-state index contributed by atoms with van der Waals surface area (Å²) in [6, 6.07) is 7.83. The lowest BCUT2D eigenvalue weighted by molar-refractivity contribution is -0.120. The third-order valence-corrected chi connectivity index (χ3v) is 3.79. The molecule has 148 valence electrons. The van der Waals surface area contributed by atoms with Crippen molar-refractivity contribution in [3.8, 4) is 11.5 Å². The quantitative estimate of drug-likeness (QED) is 0.678.